The molecule has 2 aliphatic heterocycles. The Labute approximate surface area is 183 Å². The number of rotatable bonds is 5. The molecule has 2 aliphatic rings. The lowest BCUT2D eigenvalue weighted by atomic mass is 9.92. The number of carbonyl (C=O) groups excluding carboxylic acids is 2. The van der Waals surface area contributed by atoms with Crippen molar-refractivity contribution in [3.63, 3.8) is 0 Å². The molecule has 0 aliphatic carbocycles. The van der Waals surface area contributed by atoms with Crippen molar-refractivity contribution in [3.05, 3.63) is 50.3 Å². The first-order valence-electron chi connectivity index (χ1n) is 10.6. The molecule has 1 aromatic heterocycles. The molecule has 1 aromatic carbocycles. The topological polar surface area (TPSA) is 150 Å². The fourth-order valence-electron chi connectivity index (χ4n) is 4.32. The van der Waals surface area contributed by atoms with Crippen molar-refractivity contribution in [3.8, 4) is 0 Å². The Morgan fingerprint density at radius 2 is 2.03 bits per heavy atom. The van der Waals surface area contributed by atoms with Gasteiger partial charge in [-0.3, -0.25) is 29.5 Å². The third kappa shape index (κ3) is 4.18. The maximum absolute atomic E-state index is 13.0. The van der Waals surface area contributed by atoms with Gasteiger partial charge in [0.15, 0.2) is 0 Å². The van der Waals surface area contributed by atoms with Crippen LogP contribution in [0.5, 0.6) is 0 Å². The summed E-state index contributed by atoms with van der Waals surface area (Å²) < 4.78 is 0. The predicted octanol–water partition coefficient (Wildman–Crippen LogP) is 2.51. The number of non-ortho nitro benzene ring substituents is 1. The van der Waals surface area contributed by atoms with E-state index in [2.05, 4.69) is 32.4 Å². The van der Waals surface area contributed by atoms with Crippen LogP contribution in [-0.4, -0.2) is 39.3 Å². The summed E-state index contributed by atoms with van der Waals surface area (Å²) in [4.78, 5) is 57.8. The highest BCUT2D eigenvalue weighted by Crippen LogP contribution is 2.32. The Kier molecular flexibility index (Phi) is 5.89. The van der Waals surface area contributed by atoms with E-state index in [0.29, 0.717) is 11.6 Å². The number of aromatic nitrogens is 2. The quantitative estimate of drug-likeness (QED) is 0.477. The van der Waals surface area contributed by atoms with Gasteiger partial charge < -0.3 is 15.5 Å². The highest BCUT2D eigenvalue weighted by Gasteiger charge is 2.35. The monoisotopic (exact) mass is 440 g/mol. The number of H-pyrrole nitrogens is 1. The number of carbonyl (C=O) groups is 2. The molecule has 1 saturated heterocycles. The van der Waals surface area contributed by atoms with Crippen molar-refractivity contribution < 1.29 is 14.5 Å². The predicted molar refractivity (Wildman–Crippen MR) is 118 cm³/mol. The zero-order valence-electron chi connectivity index (χ0n) is 17.6. The lowest BCUT2D eigenvalue weighted by Gasteiger charge is -2.36. The summed E-state index contributed by atoms with van der Waals surface area (Å²) in [7, 11) is 0. The number of fused-ring (bicyclic) bond motifs is 1. The Bertz CT molecular complexity index is 1110. The summed E-state index contributed by atoms with van der Waals surface area (Å²) in [5.41, 5.74) is -0.137. The van der Waals surface area contributed by atoms with Gasteiger partial charge >= 0.3 is 0 Å². The minimum Gasteiger partial charge on any atom is -0.339 e. The molecule has 0 radical (unpaired) electrons. The number of hydrogen-bond acceptors (Lipinski definition) is 7. The second-order valence-electron chi connectivity index (χ2n) is 8.00. The highest BCUT2D eigenvalue weighted by molar-refractivity contribution is 6.04. The molecule has 0 saturated carbocycles. The molecule has 4 rings (SSSR count). The van der Waals surface area contributed by atoms with E-state index in [0.717, 1.165) is 32.2 Å². The molecular weight excluding hydrogens is 416 g/mol. The van der Waals surface area contributed by atoms with Gasteiger partial charge in [0, 0.05) is 36.8 Å². The molecule has 3 N–H and O–H groups in total. The zero-order valence-corrected chi connectivity index (χ0v) is 17.6. The van der Waals surface area contributed by atoms with Gasteiger partial charge in [0.05, 0.1) is 16.4 Å². The molecule has 11 nitrogen and oxygen atoms in total. The molecule has 2 atom stereocenters. The number of nitro benzene ring substituents is 1. The number of nitrogens with one attached hydrogen (secondary N) is 3. The zero-order chi connectivity index (χ0) is 22.8. The first-order valence-corrected chi connectivity index (χ1v) is 10.6. The van der Waals surface area contributed by atoms with Crippen molar-refractivity contribution in [2.24, 2.45) is 0 Å². The maximum Gasteiger partial charge on any atom is 0.269 e. The fraction of sp³-hybridized carbons (Fsp3) is 0.429. The molecule has 2 amide bonds. The molecular formula is C21H24N6O5. The summed E-state index contributed by atoms with van der Waals surface area (Å²) in [6.45, 7) is 2.85. The van der Waals surface area contributed by atoms with E-state index in [-0.39, 0.29) is 29.5 Å². The van der Waals surface area contributed by atoms with Crippen LogP contribution in [0.1, 0.15) is 50.5 Å². The highest BCUT2D eigenvalue weighted by atomic mass is 16.6. The SMILES string of the molecule is CCC1CCCCN1c1nc2c(c(=O)[nH]1)C(C(=O)Nc1ccc([N+](=O)[O-])cc1)CC(=O)N2. The molecule has 2 unspecified atom stereocenters. The minimum atomic E-state index is -1.03. The van der Waals surface area contributed by atoms with Gasteiger partial charge in [0.25, 0.3) is 11.2 Å². The second kappa shape index (κ2) is 8.77. The first kappa shape index (κ1) is 21.5. The van der Waals surface area contributed by atoms with Crippen LogP contribution < -0.4 is 21.1 Å². The first-order chi connectivity index (χ1) is 15.4. The number of benzene rings is 1. The van der Waals surface area contributed by atoms with E-state index < -0.39 is 28.2 Å². The standard InChI is InChI=1S/C21H24N6O5/c1-2-13-5-3-4-10-26(13)21-24-18-17(20(30)25-21)15(11-16(28)23-18)19(29)22-12-6-8-14(9-7-12)27(31)32/h6-9,13,15H,2-5,10-11H2,1H3,(H,22,29)(H2,23,24,25,28,30). The van der Waals surface area contributed by atoms with Gasteiger partial charge in [0.1, 0.15) is 5.82 Å². The van der Waals surface area contributed by atoms with Gasteiger partial charge in [-0.15, -0.1) is 0 Å². The van der Waals surface area contributed by atoms with E-state index in [1.807, 2.05) is 0 Å². The average Bonchev–Trinajstić information content (AvgIpc) is 2.78. The number of anilines is 3. The number of aromatic amines is 1. The van der Waals surface area contributed by atoms with Gasteiger partial charge in [0.2, 0.25) is 17.8 Å². The van der Waals surface area contributed by atoms with Crippen LogP contribution in [0.25, 0.3) is 0 Å². The van der Waals surface area contributed by atoms with Crippen molar-refractivity contribution in [2.75, 3.05) is 22.1 Å². The molecule has 1 fully saturated rings. The van der Waals surface area contributed by atoms with Gasteiger partial charge in [-0.05, 0) is 37.8 Å². The van der Waals surface area contributed by atoms with Crippen molar-refractivity contribution in [2.45, 2.75) is 51.0 Å². The summed E-state index contributed by atoms with van der Waals surface area (Å²) in [5, 5.41) is 16.1. The maximum atomic E-state index is 13.0. The molecule has 3 heterocycles. The van der Waals surface area contributed by atoms with Crippen LogP contribution in [0.4, 0.5) is 23.1 Å². The third-order valence-electron chi connectivity index (χ3n) is 5.97. The largest absolute Gasteiger partial charge is 0.339 e. The van der Waals surface area contributed by atoms with E-state index in [9.17, 15) is 24.5 Å². The number of amides is 2. The van der Waals surface area contributed by atoms with Crippen LogP contribution in [0.2, 0.25) is 0 Å². The molecule has 0 bridgehead atoms. The number of piperidine rings is 1. The van der Waals surface area contributed by atoms with Crippen LogP contribution >= 0.6 is 0 Å². The summed E-state index contributed by atoms with van der Waals surface area (Å²) in [5.74, 6) is -1.49. The average molecular weight is 440 g/mol. The Hall–Kier alpha value is -3.76. The van der Waals surface area contributed by atoms with Crippen molar-refractivity contribution in [1.82, 2.24) is 9.97 Å². The van der Waals surface area contributed by atoms with E-state index >= 15 is 0 Å². The summed E-state index contributed by atoms with van der Waals surface area (Å²) in [6, 6.07) is 5.57. The molecule has 168 valence electrons. The Morgan fingerprint density at radius 1 is 1.28 bits per heavy atom. The van der Waals surface area contributed by atoms with E-state index in [4.69, 9.17) is 0 Å². The molecule has 11 heteroatoms. The van der Waals surface area contributed by atoms with Crippen LogP contribution in [0.3, 0.4) is 0 Å². The Balaban J connectivity index is 1.62. The normalized spacial score (nSPS) is 20.3. The third-order valence-corrected chi connectivity index (χ3v) is 5.97. The molecule has 2 aromatic rings. The van der Waals surface area contributed by atoms with Crippen LogP contribution in [0.15, 0.2) is 29.1 Å². The van der Waals surface area contributed by atoms with Crippen LogP contribution in [0, 0.1) is 10.1 Å². The number of nitrogens with zero attached hydrogens (tertiary/aromatic N) is 3. The van der Waals surface area contributed by atoms with Gasteiger partial charge in [-0.25, -0.2) is 0 Å². The van der Waals surface area contributed by atoms with Crippen molar-refractivity contribution in [1.29, 1.82) is 0 Å². The molecule has 32 heavy (non-hydrogen) atoms. The summed E-state index contributed by atoms with van der Waals surface area (Å²) in [6.07, 6.45) is 3.82. The van der Waals surface area contributed by atoms with Gasteiger partial charge in [-0.2, -0.15) is 4.98 Å². The van der Waals surface area contributed by atoms with Gasteiger partial charge in [-0.1, -0.05) is 6.92 Å². The lowest BCUT2D eigenvalue weighted by molar-refractivity contribution is -0.384. The number of nitro groups is 1. The number of hydrogen-bond donors (Lipinski definition) is 3. The minimum absolute atomic E-state index is 0.101. The second-order valence-corrected chi connectivity index (χ2v) is 8.00. The smallest absolute Gasteiger partial charge is 0.269 e. The fourth-order valence-corrected chi connectivity index (χ4v) is 4.32. The lowest BCUT2D eigenvalue weighted by Crippen LogP contribution is -2.43. The Morgan fingerprint density at radius 3 is 2.72 bits per heavy atom. The van der Waals surface area contributed by atoms with E-state index in [1.54, 1.807) is 0 Å². The van der Waals surface area contributed by atoms with E-state index in [1.165, 1.54) is 24.3 Å². The van der Waals surface area contributed by atoms with Crippen molar-refractivity contribution >= 4 is 35.0 Å². The van der Waals surface area contributed by atoms with Crippen LogP contribution in [-0.2, 0) is 9.59 Å². The molecule has 0 spiro atoms. The summed E-state index contributed by atoms with van der Waals surface area (Å²) >= 11 is 0.